The minimum atomic E-state index is -0.698. The van der Waals surface area contributed by atoms with E-state index in [1.165, 1.54) is 31.5 Å². The molecule has 8 heteroatoms. The molecule has 1 aliphatic heterocycles. The smallest absolute Gasteiger partial charge is 0.340 e. The van der Waals surface area contributed by atoms with Crippen molar-refractivity contribution in [3.05, 3.63) is 52.3 Å². The minimum Gasteiger partial charge on any atom is -0.452 e. The molecule has 6 nitrogen and oxygen atoms in total. The Hall–Kier alpha value is -2.31. The Morgan fingerprint density at radius 1 is 1.11 bits per heavy atom. The molecule has 0 radical (unpaired) electrons. The molecule has 0 atom stereocenters. The first-order valence-electron chi connectivity index (χ1n) is 8.66. The van der Waals surface area contributed by atoms with Crippen molar-refractivity contribution in [1.29, 1.82) is 0 Å². The number of hydrogen-bond acceptors (Lipinski definition) is 5. The fraction of sp³-hybridized carbons (Fsp3) is 0.316. The van der Waals surface area contributed by atoms with Gasteiger partial charge in [0.15, 0.2) is 6.61 Å². The highest BCUT2D eigenvalue weighted by atomic mass is 35.5. The van der Waals surface area contributed by atoms with Gasteiger partial charge in [0.1, 0.15) is 5.15 Å². The van der Waals surface area contributed by atoms with E-state index in [2.05, 4.69) is 15.2 Å². The summed E-state index contributed by atoms with van der Waals surface area (Å²) < 4.78 is 4.97. The predicted octanol–water partition coefficient (Wildman–Crippen LogP) is 4.17. The van der Waals surface area contributed by atoms with E-state index in [0.717, 1.165) is 18.8 Å². The van der Waals surface area contributed by atoms with Crippen LogP contribution in [0.15, 0.2) is 36.5 Å². The van der Waals surface area contributed by atoms with Gasteiger partial charge in [0.05, 0.1) is 10.6 Å². The van der Waals surface area contributed by atoms with Crippen molar-refractivity contribution in [3.63, 3.8) is 0 Å². The number of carbonyl (C=O) groups excluding carboxylic acids is 2. The summed E-state index contributed by atoms with van der Waals surface area (Å²) in [4.78, 5) is 30.0. The summed E-state index contributed by atoms with van der Waals surface area (Å²) in [7, 11) is 0. The molecular formula is C19H19Cl2N3O3. The van der Waals surface area contributed by atoms with Crippen LogP contribution < -0.4 is 10.2 Å². The maximum absolute atomic E-state index is 12.0. The van der Waals surface area contributed by atoms with Gasteiger partial charge in [-0.1, -0.05) is 23.2 Å². The number of nitrogens with zero attached hydrogens (tertiary/aromatic N) is 2. The number of rotatable bonds is 5. The van der Waals surface area contributed by atoms with Crippen molar-refractivity contribution in [3.8, 4) is 0 Å². The Balaban J connectivity index is 1.50. The van der Waals surface area contributed by atoms with E-state index >= 15 is 0 Å². The summed E-state index contributed by atoms with van der Waals surface area (Å²) in [6.45, 7) is 1.71. The first-order valence-corrected chi connectivity index (χ1v) is 9.41. The van der Waals surface area contributed by atoms with E-state index in [4.69, 9.17) is 27.9 Å². The van der Waals surface area contributed by atoms with E-state index in [0.29, 0.717) is 5.69 Å². The van der Waals surface area contributed by atoms with Gasteiger partial charge in [0.2, 0.25) is 0 Å². The highest BCUT2D eigenvalue weighted by molar-refractivity contribution is 6.41. The second-order valence-electron chi connectivity index (χ2n) is 6.22. The molecule has 1 N–H and O–H groups in total. The topological polar surface area (TPSA) is 71.5 Å². The zero-order valence-electron chi connectivity index (χ0n) is 14.6. The average molecular weight is 408 g/mol. The third kappa shape index (κ3) is 5.34. The molecular weight excluding hydrogens is 389 g/mol. The molecule has 0 unspecified atom stereocenters. The number of benzene rings is 1. The predicted molar refractivity (Wildman–Crippen MR) is 106 cm³/mol. The Bertz CT molecular complexity index is 821. The van der Waals surface area contributed by atoms with Crippen molar-refractivity contribution in [2.75, 3.05) is 29.9 Å². The monoisotopic (exact) mass is 407 g/mol. The third-order valence-electron chi connectivity index (χ3n) is 4.24. The Morgan fingerprint density at radius 2 is 1.81 bits per heavy atom. The number of halogens is 2. The van der Waals surface area contributed by atoms with Crippen molar-refractivity contribution < 1.29 is 14.3 Å². The number of anilines is 2. The van der Waals surface area contributed by atoms with Crippen LogP contribution in [-0.2, 0) is 9.53 Å². The maximum Gasteiger partial charge on any atom is 0.340 e. The van der Waals surface area contributed by atoms with E-state index in [9.17, 15) is 9.59 Å². The SMILES string of the molecule is O=C(COC(=O)c1cnc(Cl)c(Cl)c1)Nc1ccc(N2CCCCC2)cc1. The second kappa shape index (κ2) is 9.06. The van der Waals surface area contributed by atoms with Crippen molar-refractivity contribution in [2.45, 2.75) is 19.3 Å². The van der Waals surface area contributed by atoms with Gasteiger partial charge >= 0.3 is 5.97 Å². The lowest BCUT2D eigenvalue weighted by Crippen LogP contribution is -2.29. The number of aromatic nitrogens is 1. The van der Waals surface area contributed by atoms with Gasteiger partial charge in [-0.2, -0.15) is 0 Å². The molecule has 2 heterocycles. The highest BCUT2D eigenvalue weighted by Crippen LogP contribution is 2.22. The number of nitrogens with one attached hydrogen (secondary N) is 1. The van der Waals surface area contributed by atoms with Crippen LogP contribution in [0, 0.1) is 0 Å². The van der Waals surface area contributed by atoms with Gasteiger partial charge in [-0.05, 0) is 49.6 Å². The molecule has 3 rings (SSSR count). The molecule has 0 spiro atoms. The number of carbonyl (C=O) groups is 2. The number of esters is 1. The number of hydrogen-bond donors (Lipinski definition) is 1. The molecule has 27 heavy (non-hydrogen) atoms. The van der Waals surface area contributed by atoms with Crippen LogP contribution in [0.4, 0.5) is 11.4 Å². The summed E-state index contributed by atoms with van der Waals surface area (Å²) in [5.41, 5.74) is 1.92. The molecule has 1 aromatic heterocycles. The molecule has 0 bridgehead atoms. The summed E-state index contributed by atoms with van der Waals surface area (Å²) in [5.74, 6) is -1.13. The lowest BCUT2D eigenvalue weighted by Gasteiger charge is -2.28. The number of pyridine rings is 1. The summed E-state index contributed by atoms with van der Waals surface area (Å²) in [6.07, 6.45) is 4.94. The first-order chi connectivity index (χ1) is 13.0. The van der Waals surface area contributed by atoms with E-state index < -0.39 is 18.5 Å². The van der Waals surface area contributed by atoms with Crippen molar-refractivity contribution >= 4 is 46.5 Å². The van der Waals surface area contributed by atoms with Crippen molar-refractivity contribution in [1.82, 2.24) is 4.98 Å². The van der Waals surface area contributed by atoms with E-state index in [1.807, 2.05) is 24.3 Å². The fourth-order valence-corrected chi connectivity index (χ4v) is 3.12. The van der Waals surface area contributed by atoms with Gasteiger partial charge < -0.3 is 15.0 Å². The molecule has 1 saturated heterocycles. The van der Waals surface area contributed by atoms with Crippen LogP contribution in [0.2, 0.25) is 10.2 Å². The van der Waals surface area contributed by atoms with Gasteiger partial charge in [0.25, 0.3) is 5.91 Å². The first kappa shape index (κ1) is 19.5. The molecule has 142 valence electrons. The number of ether oxygens (including phenoxy) is 1. The molecule has 0 aliphatic carbocycles. The van der Waals surface area contributed by atoms with Crippen LogP contribution >= 0.6 is 23.2 Å². The lowest BCUT2D eigenvalue weighted by atomic mass is 10.1. The van der Waals surface area contributed by atoms with E-state index in [1.54, 1.807) is 0 Å². The number of piperidine rings is 1. The molecule has 1 aliphatic rings. The van der Waals surface area contributed by atoms with Gasteiger partial charge in [-0.15, -0.1) is 0 Å². The molecule has 2 aromatic rings. The van der Waals surface area contributed by atoms with E-state index in [-0.39, 0.29) is 15.7 Å². The van der Waals surface area contributed by atoms with Crippen LogP contribution in [0.5, 0.6) is 0 Å². The maximum atomic E-state index is 12.0. The Morgan fingerprint density at radius 3 is 2.48 bits per heavy atom. The fourth-order valence-electron chi connectivity index (χ4n) is 2.85. The molecule has 1 aromatic carbocycles. The summed E-state index contributed by atoms with van der Waals surface area (Å²) >= 11 is 11.5. The minimum absolute atomic E-state index is 0.0963. The van der Waals surface area contributed by atoms with Crippen LogP contribution in [-0.4, -0.2) is 36.6 Å². The summed E-state index contributed by atoms with van der Waals surface area (Å²) in [6, 6.07) is 8.98. The average Bonchev–Trinajstić information content (AvgIpc) is 2.69. The Kier molecular flexibility index (Phi) is 6.53. The molecule has 1 fully saturated rings. The van der Waals surface area contributed by atoms with Crippen LogP contribution in [0.1, 0.15) is 29.6 Å². The summed E-state index contributed by atoms with van der Waals surface area (Å²) in [5, 5.41) is 2.94. The largest absolute Gasteiger partial charge is 0.452 e. The standard InChI is InChI=1S/C19H19Cl2N3O3/c20-16-10-13(11-22-18(16)21)19(26)27-12-17(25)23-14-4-6-15(7-5-14)24-8-2-1-3-9-24/h4-7,10-11H,1-3,8-9,12H2,(H,23,25). The third-order valence-corrected chi connectivity index (χ3v) is 4.92. The lowest BCUT2D eigenvalue weighted by molar-refractivity contribution is -0.119. The highest BCUT2D eigenvalue weighted by Gasteiger charge is 2.14. The van der Waals surface area contributed by atoms with Crippen LogP contribution in [0.25, 0.3) is 0 Å². The van der Waals surface area contributed by atoms with Crippen LogP contribution in [0.3, 0.4) is 0 Å². The van der Waals surface area contributed by atoms with Gasteiger partial charge in [-0.3, -0.25) is 4.79 Å². The normalized spacial score (nSPS) is 13.9. The van der Waals surface area contributed by atoms with Gasteiger partial charge in [-0.25, -0.2) is 9.78 Å². The quantitative estimate of drug-likeness (QED) is 0.594. The zero-order chi connectivity index (χ0) is 19.2. The molecule has 1 amide bonds. The number of amides is 1. The van der Waals surface area contributed by atoms with Gasteiger partial charge in [0, 0.05) is 30.7 Å². The Labute approximate surface area is 167 Å². The second-order valence-corrected chi connectivity index (χ2v) is 6.98. The van der Waals surface area contributed by atoms with Crippen molar-refractivity contribution in [2.24, 2.45) is 0 Å². The molecule has 0 saturated carbocycles. The zero-order valence-corrected chi connectivity index (χ0v) is 16.1.